The van der Waals surface area contributed by atoms with Crippen LogP contribution >= 0.6 is 0 Å². The Kier molecular flexibility index (Phi) is 5.31. The highest BCUT2D eigenvalue weighted by atomic mass is 14.6. The standard InChI is InChI=1S/C13H21N/c1-2-3-4-8-11-13(14)12-9-6-5-7-10-12/h5-7,9-10,13H,2-4,8,11,14H2,1H3. The molecule has 0 aliphatic heterocycles. The summed E-state index contributed by atoms with van der Waals surface area (Å²) in [5.41, 5.74) is 7.34. The maximum Gasteiger partial charge on any atom is 0.0294 e. The molecule has 0 saturated carbocycles. The van der Waals surface area contributed by atoms with Crippen molar-refractivity contribution in [3.05, 3.63) is 35.9 Å². The molecule has 0 saturated heterocycles. The highest BCUT2D eigenvalue weighted by Gasteiger charge is 2.03. The van der Waals surface area contributed by atoms with Crippen molar-refractivity contribution in [2.45, 2.75) is 45.1 Å². The van der Waals surface area contributed by atoms with Crippen molar-refractivity contribution in [1.82, 2.24) is 0 Å². The molecular formula is C13H21N. The van der Waals surface area contributed by atoms with Gasteiger partial charge in [0.2, 0.25) is 0 Å². The fourth-order valence-electron chi connectivity index (χ4n) is 1.66. The van der Waals surface area contributed by atoms with Crippen LogP contribution in [0.25, 0.3) is 0 Å². The largest absolute Gasteiger partial charge is 0.324 e. The summed E-state index contributed by atoms with van der Waals surface area (Å²) in [5.74, 6) is 0. The molecule has 2 N–H and O–H groups in total. The van der Waals surface area contributed by atoms with Crippen LogP contribution in [-0.2, 0) is 0 Å². The molecule has 0 radical (unpaired) electrons. The van der Waals surface area contributed by atoms with Gasteiger partial charge in [0.25, 0.3) is 0 Å². The molecule has 1 aromatic rings. The highest BCUT2D eigenvalue weighted by molar-refractivity contribution is 5.18. The van der Waals surface area contributed by atoms with Crippen molar-refractivity contribution in [2.75, 3.05) is 0 Å². The van der Waals surface area contributed by atoms with Crippen LogP contribution < -0.4 is 5.73 Å². The van der Waals surface area contributed by atoms with Gasteiger partial charge in [0.05, 0.1) is 0 Å². The second-order valence-corrected chi connectivity index (χ2v) is 3.87. The fourth-order valence-corrected chi connectivity index (χ4v) is 1.66. The van der Waals surface area contributed by atoms with E-state index in [1.54, 1.807) is 0 Å². The van der Waals surface area contributed by atoms with Gasteiger partial charge in [-0.25, -0.2) is 0 Å². The number of hydrogen-bond acceptors (Lipinski definition) is 1. The van der Waals surface area contributed by atoms with Gasteiger partial charge in [-0.2, -0.15) is 0 Å². The zero-order valence-corrected chi connectivity index (χ0v) is 9.08. The van der Waals surface area contributed by atoms with E-state index in [1.165, 1.54) is 31.2 Å². The van der Waals surface area contributed by atoms with Crippen molar-refractivity contribution >= 4 is 0 Å². The molecule has 0 aliphatic carbocycles. The molecule has 1 unspecified atom stereocenters. The van der Waals surface area contributed by atoms with Crippen molar-refractivity contribution in [1.29, 1.82) is 0 Å². The van der Waals surface area contributed by atoms with Crippen LogP contribution in [-0.4, -0.2) is 0 Å². The minimum Gasteiger partial charge on any atom is -0.324 e. The molecule has 78 valence electrons. The molecule has 0 spiro atoms. The van der Waals surface area contributed by atoms with Crippen LogP contribution in [0, 0.1) is 0 Å². The first-order valence-electron chi connectivity index (χ1n) is 5.65. The SMILES string of the molecule is CCCCCCC(N)c1ccccc1. The van der Waals surface area contributed by atoms with Crippen LogP contribution in [0.5, 0.6) is 0 Å². The molecule has 0 bridgehead atoms. The summed E-state index contributed by atoms with van der Waals surface area (Å²) < 4.78 is 0. The number of nitrogens with two attached hydrogens (primary N) is 1. The molecule has 1 heteroatoms. The third-order valence-corrected chi connectivity index (χ3v) is 2.60. The summed E-state index contributed by atoms with van der Waals surface area (Å²) in [6, 6.07) is 10.6. The van der Waals surface area contributed by atoms with Gasteiger partial charge in [0, 0.05) is 6.04 Å². The highest BCUT2D eigenvalue weighted by Crippen LogP contribution is 2.16. The van der Waals surface area contributed by atoms with Crippen molar-refractivity contribution < 1.29 is 0 Å². The van der Waals surface area contributed by atoms with E-state index in [4.69, 9.17) is 5.73 Å². The fraction of sp³-hybridized carbons (Fsp3) is 0.538. The Bertz CT molecular complexity index is 230. The van der Waals surface area contributed by atoms with E-state index in [2.05, 4.69) is 31.2 Å². The lowest BCUT2D eigenvalue weighted by Gasteiger charge is -2.11. The van der Waals surface area contributed by atoms with Crippen LogP contribution in [0.4, 0.5) is 0 Å². The Hall–Kier alpha value is -0.820. The van der Waals surface area contributed by atoms with Gasteiger partial charge < -0.3 is 5.73 Å². The van der Waals surface area contributed by atoms with E-state index >= 15 is 0 Å². The summed E-state index contributed by atoms with van der Waals surface area (Å²) >= 11 is 0. The van der Waals surface area contributed by atoms with E-state index < -0.39 is 0 Å². The molecule has 0 fully saturated rings. The van der Waals surface area contributed by atoms with Crippen molar-refractivity contribution in [3.63, 3.8) is 0 Å². The minimum atomic E-state index is 0.230. The zero-order chi connectivity index (χ0) is 10.2. The van der Waals surface area contributed by atoms with E-state index in [0.717, 1.165) is 6.42 Å². The van der Waals surface area contributed by atoms with Crippen LogP contribution in [0.2, 0.25) is 0 Å². The summed E-state index contributed by atoms with van der Waals surface area (Å²) in [7, 11) is 0. The molecule has 0 aromatic heterocycles. The Morgan fingerprint density at radius 3 is 2.43 bits per heavy atom. The predicted octanol–water partition coefficient (Wildman–Crippen LogP) is 3.66. The van der Waals surface area contributed by atoms with Crippen molar-refractivity contribution in [3.8, 4) is 0 Å². The van der Waals surface area contributed by atoms with Crippen LogP contribution in [0.3, 0.4) is 0 Å². The van der Waals surface area contributed by atoms with Gasteiger partial charge >= 0.3 is 0 Å². The average molecular weight is 191 g/mol. The molecule has 1 atom stereocenters. The lowest BCUT2D eigenvalue weighted by Crippen LogP contribution is -2.09. The second kappa shape index (κ2) is 6.61. The van der Waals surface area contributed by atoms with Gasteiger partial charge in [-0.15, -0.1) is 0 Å². The van der Waals surface area contributed by atoms with Gasteiger partial charge in [-0.05, 0) is 12.0 Å². The second-order valence-electron chi connectivity index (χ2n) is 3.87. The maximum absolute atomic E-state index is 6.08. The Morgan fingerprint density at radius 2 is 1.79 bits per heavy atom. The number of unbranched alkanes of at least 4 members (excludes halogenated alkanes) is 3. The molecule has 0 aliphatic rings. The normalized spacial score (nSPS) is 12.7. The number of rotatable bonds is 6. The van der Waals surface area contributed by atoms with Gasteiger partial charge in [-0.1, -0.05) is 62.9 Å². The summed E-state index contributed by atoms with van der Waals surface area (Å²) in [6.07, 6.45) is 6.31. The molecule has 1 rings (SSSR count). The Morgan fingerprint density at radius 1 is 1.07 bits per heavy atom. The lowest BCUT2D eigenvalue weighted by atomic mass is 10.0. The molecular weight excluding hydrogens is 170 g/mol. The van der Waals surface area contributed by atoms with E-state index in [0.29, 0.717) is 0 Å². The topological polar surface area (TPSA) is 26.0 Å². The quantitative estimate of drug-likeness (QED) is 0.682. The van der Waals surface area contributed by atoms with Crippen molar-refractivity contribution in [2.24, 2.45) is 5.73 Å². The minimum absolute atomic E-state index is 0.230. The molecule has 1 nitrogen and oxygen atoms in total. The van der Waals surface area contributed by atoms with E-state index in [-0.39, 0.29) is 6.04 Å². The molecule has 14 heavy (non-hydrogen) atoms. The number of benzene rings is 1. The van der Waals surface area contributed by atoms with Crippen LogP contribution in [0.15, 0.2) is 30.3 Å². The zero-order valence-electron chi connectivity index (χ0n) is 9.08. The Labute approximate surface area is 87.3 Å². The smallest absolute Gasteiger partial charge is 0.0294 e. The first-order chi connectivity index (χ1) is 6.84. The van der Waals surface area contributed by atoms with Gasteiger partial charge in [0.1, 0.15) is 0 Å². The lowest BCUT2D eigenvalue weighted by molar-refractivity contribution is 0.566. The summed E-state index contributed by atoms with van der Waals surface area (Å²) in [6.45, 7) is 2.23. The first kappa shape index (κ1) is 11.3. The first-order valence-corrected chi connectivity index (χ1v) is 5.65. The molecule has 1 aromatic carbocycles. The Balaban J connectivity index is 2.25. The number of hydrogen-bond donors (Lipinski definition) is 1. The van der Waals surface area contributed by atoms with E-state index in [9.17, 15) is 0 Å². The molecule has 0 heterocycles. The monoisotopic (exact) mass is 191 g/mol. The van der Waals surface area contributed by atoms with Crippen LogP contribution in [0.1, 0.15) is 50.6 Å². The van der Waals surface area contributed by atoms with Gasteiger partial charge in [-0.3, -0.25) is 0 Å². The maximum atomic E-state index is 6.08. The third-order valence-electron chi connectivity index (χ3n) is 2.60. The average Bonchev–Trinajstić information content (AvgIpc) is 2.25. The van der Waals surface area contributed by atoms with Gasteiger partial charge in [0.15, 0.2) is 0 Å². The van der Waals surface area contributed by atoms with E-state index in [1.807, 2.05) is 6.07 Å². The summed E-state index contributed by atoms with van der Waals surface area (Å²) in [5, 5.41) is 0. The predicted molar refractivity (Wildman–Crippen MR) is 62.1 cm³/mol. The summed E-state index contributed by atoms with van der Waals surface area (Å²) in [4.78, 5) is 0. The third kappa shape index (κ3) is 3.93. The molecule has 0 amide bonds.